The Hall–Kier alpha value is -2.96. The lowest BCUT2D eigenvalue weighted by Crippen LogP contribution is -2.19. The molecular formula is C20H14ClN3O2S. The van der Waals surface area contributed by atoms with E-state index in [0.717, 1.165) is 5.56 Å². The largest absolute Gasteiger partial charge is 0.457 e. The number of para-hydroxylation sites is 1. The number of nitrogens with zero attached hydrogens (tertiary/aromatic N) is 1. The highest BCUT2D eigenvalue weighted by molar-refractivity contribution is 8.18. The first-order valence-corrected chi connectivity index (χ1v) is 9.28. The molecule has 1 aliphatic rings. The molecular weight excluding hydrogens is 382 g/mol. The number of aliphatic imine (C=N–C) groups is 1. The van der Waals surface area contributed by atoms with Crippen LogP contribution in [-0.4, -0.2) is 11.1 Å². The lowest BCUT2D eigenvalue weighted by Gasteiger charge is -1.98. The normalized spacial score (nSPS) is 16.9. The summed E-state index contributed by atoms with van der Waals surface area (Å²) >= 11 is 7.35. The third kappa shape index (κ3) is 3.92. The summed E-state index contributed by atoms with van der Waals surface area (Å²) in [5.41, 5.74) is 7.92. The van der Waals surface area contributed by atoms with E-state index in [1.165, 1.54) is 11.8 Å². The van der Waals surface area contributed by atoms with E-state index in [1.807, 2.05) is 48.5 Å². The summed E-state index contributed by atoms with van der Waals surface area (Å²) in [5.74, 6) is 1.06. The second-order valence-corrected chi connectivity index (χ2v) is 7.20. The fourth-order valence-electron chi connectivity index (χ4n) is 2.49. The molecule has 1 saturated heterocycles. The third-order valence-corrected chi connectivity index (χ3v) is 5.05. The van der Waals surface area contributed by atoms with Gasteiger partial charge in [-0.1, -0.05) is 23.7 Å². The van der Waals surface area contributed by atoms with Gasteiger partial charge in [-0.3, -0.25) is 4.79 Å². The lowest BCUT2D eigenvalue weighted by atomic mass is 10.1. The Labute approximate surface area is 164 Å². The van der Waals surface area contributed by atoms with Crippen molar-refractivity contribution in [3.05, 3.63) is 76.4 Å². The van der Waals surface area contributed by atoms with Gasteiger partial charge in [0.1, 0.15) is 11.5 Å². The van der Waals surface area contributed by atoms with E-state index in [9.17, 15) is 4.79 Å². The molecule has 27 heavy (non-hydrogen) atoms. The van der Waals surface area contributed by atoms with Gasteiger partial charge in [0.25, 0.3) is 5.91 Å². The summed E-state index contributed by atoms with van der Waals surface area (Å²) < 4.78 is 5.82. The van der Waals surface area contributed by atoms with Gasteiger partial charge in [-0.05, 0) is 60.3 Å². The zero-order chi connectivity index (χ0) is 18.8. The van der Waals surface area contributed by atoms with Crippen LogP contribution in [0.2, 0.25) is 5.02 Å². The SMILES string of the molecule is Nc1ccc(-c2ccc(/C=C3/SC(=Nc4ccccc4Cl)NC3=O)o2)cc1. The van der Waals surface area contributed by atoms with Gasteiger partial charge in [-0.2, -0.15) is 0 Å². The lowest BCUT2D eigenvalue weighted by molar-refractivity contribution is -0.115. The van der Waals surface area contributed by atoms with Crippen LogP contribution in [0.25, 0.3) is 17.4 Å². The van der Waals surface area contributed by atoms with Crippen molar-refractivity contribution in [2.45, 2.75) is 0 Å². The van der Waals surface area contributed by atoms with Crippen LogP contribution in [0.5, 0.6) is 0 Å². The van der Waals surface area contributed by atoms with E-state index in [1.54, 1.807) is 18.2 Å². The highest BCUT2D eigenvalue weighted by atomic mass is 35.5. The maximum atomic E-state index is 12.2. The molecule has 1 fully saturated rings. The van der Waals surface area contributed by atoms with Crippen molar-refractivity contribution in [1.29, 1.82) is 0 Å². The summed E-state index contributed by atoms with van der Waals surface area (Å²) in [6, 6.07) is 18.3. The van der Waals surface area contributed by atoms with Crippen molar-refractivity contribution in [2.24, 2.45) is 4.99 Å². The molecule has 0 bridgehead atoms. The maximum Gasteiger partial charge on any atom is 0.264 e. The van der Waals surface area contributed by atoms with E-state index in [4.69, 9.17) is 21.8 Å². The van der Waals surface area contributed by atoms with Crippen LogP contribution in [0.15, 0.2) is 75.0 Å². The molecule has 4 rings (SSSR count). The van der Waals surface area contributed by atoms with Gasteiger partial charge in [0, 0.05) is 17.3 Å². The van der Waals surface area contributed by atoms with Gasteiger partial charge in [0.2, 0.25) is 0 Å². The predicted molar refractivity (Wildman–Crippen MR) is 111 cm³/mol. The number of amides is 1. The van der Waals surface area contributed by atoms with E-state index in [2.05, 4.69) is 10.3 Å². The minimum absolute atomic E-state index is 0.226. The fraction of sp³-hybridized carbons (Fsp3) is 0. The zero-order valence-electron chi connectivity index (χ0n) is 14.0. The van der Waals surface area contributed by atoms with E-state index < -0.39 is 0 Å². The summed E-state index contributed by atoms with van der Waals surface area (Å²) in [5, 5.41) is 3.74. The molecule has 5 nitrogen and oxygen atoms in total. The Balaban J connectivity index is 1.55. The van der Waals surface area contributed by atoms with E-state index >= 15 is 0 Å². The Kier molecular flexibility index (Phi) is 4.75. The maximum absolute atomic E-state index is 12.2. The van der Waals surface area contributed by atoms with Crippen LogP contribution >= 0.6 is 23.4 Å². The molecule has 2 aromatic carbocycles. The topological polar surface area (TPSA) is 80.6 Å². The number of anilines is 1. The molecule has 0 radical (unpaired) electrons. The first kappa shape index (κ1) is 17.5. The van der Waals surface area contributed by atoms with Gasteiger partial charge in [0.15, 0.2) is 5.17 Å². The number of furan rings is 1. The molecule has 1 aliphatic heterocycles. The smallest absolute Gasteiger partial charge is 0.264 e. The Morgan fingerprint density at radius 2 is 1.85 bits per heavy atom. The second-order valence-electron chi connectivity index (χ2n) is 5.76. The van der Waals surface area contributed by atoms with Gasteiger partial charge >= 0.3 is 0 Å². The third-order valence-electron chi connectivity index (χ3n) is 3.82. The van der Waals surface area contributed by atoms with Crippen LogP contribution in [0, 0.1) is 0 Å². The monoisotopic (exact) mass is 395 g/mol. The number of carbonyl (C=O) groups excluding carboxylic acids is 1. The quantitative estimate of drug-likeness (QED) is 0.479. The van der Waals surface area contributed by atoms with Crippen LogP contribution in [0.1, 0.15) is 5.76 Å². The Morgan fingerprint density at radius 1 is 1.07 bits per heavy atom. The van der Waals surface area contributed by atoms with E-state index in [-0.39, 0.29) is 5.91 Å². The Bertz CT molecular complexity index is 1070. The van der Waals surface area contributed by atoms with Crippen LogP contribution in [0.4, 0.5) is 11.4 Å². The van der Waals surface area contributed by atoms with Crippen molar-refractivity contribution >= 4 is 51.9 Å². The van der Waals surface area contributed by atoms with Gasteiger partial charge in [-0.25, -0.2) is 4.99 Å². The van der Waals surface area contributed by atoms with Crippen LogP contribution < -0.4 is 11.1 Å². The van der Waals surface area contributed by atoms with Crippen LogP contribution in [-0.2, 0) is 4.79 Å². The Morgan fingerprint density at radius 3 is 2.63 bits per heavy atom. The molecule has 134 valence electrons. The molecule has 0 unspecified atom stereocenters. The molecule has 0 spiro atoms. The fourth-order valence-corrected chi connectivity index (χ4v) is 3.49. The minimum Gasteiger partial charge on any atom is -0.457 e. The molecule has 1 aromatic heterocycles. The first-order chi connectivity index (χ1) is 13.1. The summed E-state index contributed by atoms with van der Waals surface area (Å²) in [6.07, 6.45) is 1.69. The highest BCUT2D eigenvalue weighted by Crippen LogP contribution is 2.32. The number of nitrogens with one attached hydrogen (secondary N) is 1. The highest BCUT2D eigenvalue weighted by Gasteiger charge is 2.24. The van der Waals surface area contributed by atoms with Crippen molar-refractivity contribution in [3.8, 4) is 11.3 Å². The number of nitrogen functional groups attached to an aromatic ring is 1. The number of hydrogen-bond acceptors (Lipinski definition) is 5. The number of hydrogen-bond donors (Lipinski definition) is 2. The number of amidine groups is 1. The molecule has 0 saturated carbocycles. The molecule has 0 atom stereocenters. The number of thioether (sulfide) groups is 1. The molecule has 1 amide bonds. The molecule has 3 aromatic rings. The van der Waals surface area contributed by atoms with Crippen molar-refractivity contribution in [2.75, 3.05) is 5.73 Å². The summed E-state index contributed by atoms with van der Waals surface area (Å²) in [6.45, 7) is 0. The van der Waals surface area contributed by atoms with Crippen LogP contribution in [0.3, 0.4) is 0 Å². The minimum atomic E-state index is -0.226. The van der Waals surface area contributed by atoms with Gasteiger partial charge < -0.3 is 15.5 Å². The van der Waals surface area contributed by atoms with Crippen molar-refractivity contribution in [1.82, 2.24) is 5.32 Å². The van der Waals surface area contributed by atoms with Gasteiger partial charge in [0.05, 0.1) is 15.6 Å². The van der Waals surface area contributed by atoms with Crippen molar-refractivity contribution < 1.29 is 9.21 Å². The van der Waals surface area contributed by atoms with Crippen molar-refractivity contribution in [3.63, 3.8) is 0 Å². The number of benzene rings is 2. The predicted octanol–water partition coefficient (Wildman–Crippen LogP) is 5.07. The number of rotatable bonds is 3. The summed E-state index contributed by atoms with van der Waals surface area (Å²) in [4.78, 5) is 17.1. The molecule has 3 N–H and O–H groups in total. The first-order valence-electron chi connectivity index (χ1n) is 8.08. The number of halogens is 1. The average molecular weight is 396 g/mol. The average Bonchev–Trinajstić information content (AvgIpc) is 3.25. The zero-order valence-corrected chi connectivity index (χ0v) is 15.6. The standard InChI is InChI=1S/C20H14ClN3O2S/c21-15-3-1-2-4-16(15)23-20-24-19(25)18(27-20)11-14-9-10-17(26-14)12-5-7-13(22)8-6-12/h1-11H,22H2,(H,23,24,25)/b18-11+. The number of carbonyl (C=O) groups is 1. The molecule has 7 heteroatoms. The van der Waals surface area contributed by atoms with E-state index in [0.29, 0.717) is 38.0 Å². The molecule has 2 heterocycles. The second kappa shape index (κ2) is 7.34. The van der Waals surface area contributed by atoms with Gasteiger partial charge in [-0.15, -0.1) is 0 Å². The molecule has 0 aliphatic carbocycles. The summed E-state index contributed by atoms with van der Waals surface area (Å²) in [7, 11) is 0. The number of nitrogens with two attached hydrogens (primary N) is 1.